The second kappa shape index (κ2) is 7.70. The Kier molecular flexibility index (Phi) is 6.87. The Morgan fingerprint density at radius 1 is 0.750 bits per heavy atom. The van der Waals surface area contributed by atoms with Crippen LogP contribution < -0.4 is 8.07 Å². The molecule has 0 fully saturated rings. The van der Waals surface area contributed by atoms with Gasteiger partial charge in [-0.2, -0.15) is 0 Å². The molecule has 0 aliphatic carbocycles. The number of hydrogen-bond donors (Lipinski definition) is 3. The SMILES string of the molecule is O=P(O)(O)O.[Cl][Pd]([Cl])([c]1ccccc1)[c]1ccccc1. The van der Waals surface area contributed by atoms with Crippen molar-refractivity contribution in [2.24, 2.45) is 0 Å². The van der Waals surface area contributed by atoms with Crippen molar-refractivity contribution in [1.82, 2.24) is 0 Å². The van der Waals surface area contributed by atoms with Gasteiger partial charge < -0.3 is 14.7 Å². The summed E-state index contributed by atoms with van der Waals surface area (Å²) in [5, 5.41) is 0. The van der Waals surface area contributed by atoms with Gasteiger partial charge in [0.05, 0.1) is 0 Å². The van der Waals surface area contributed by atoms with Crippen LogP contribution in [0.4, 0.5) is 0 Å². The van der Waals surface area contributed by atoms with Crippen LogP contribution in [0.25, 0.3) is 0 Å². The molecule has 8 heteroatoms. The molecule has 0 saturated carbocycles. The molecule has 0 heterocycles. The number of phosphoric acid groups is 1. The van der Waals surface area contributed by atoms with Gasteiger partial charge in [-0.3, -0.25) is 0 Å². The second-order valence-electron chi connectivity index (χ2n) is 3.40. The summed E-state index contributed by atoms with van der Waals surface area (Å²) >= 11 is -2.63. The fraction of sp³-hybridized carbons (Fsp3) is 0. The Bertz CT molecular complexity index is 525. The molecule has 20 heavy (non-hydrogen) atoms. The number of halogens is 2. The first-order valence-corrected chi connectivity index (χ1v) is 12.3. The van der Waals surface area contributed by atoms with Crippen molar-refractivity contribution in [2.75, 3.05) is 0 Å². The summed E-state index contributed by atoms with van der Waals surface area (Å²) in [7, 11) is 8.37. The molecule has 4 nitrogen and oxygen atoms in total. The van der Waals surface area contributed by atoms with Crippen LogP contribution in [0.3, 0.4) is 0 Å². The van der Waals surface area contributed by atoms with Gasteiger partial charge in [-0.05, 0) is 0 Å². The monoisotopic (exact) mass is 428 g/mol. The summed E-state index contributed by atoms with van der Waals surface area (Å²) in [6, 6.07) is 19.8. The van der Waals surface area contributed by atoms with Crippen LogP contribution in [-0.2, 0) is 18.1 Å². The summed E-state index contributed by atoms with van der Waals surface area (Å²) in [4.78, 5) is 21.6. The number of rotatable bonds is 2. The van der Waals surface area contributed by atoms with E-state index in [2.05, 4.69) is 0 Å². The van der Waals surface area contributed by atoms with Crippen molar-refractivity contribution < 1.29 is 32.7 Å². The van der Waals surface area contributed by atoms with Gasteiger partial charge >= 0.3 is 109 Å². The summed E-state index contributed by atoms with van der Waals surface area (Å²) in [6.07, 6.45) is 0. The quantitative estimate of drug-likeness (QED) is 0.505. The molecule has 0 bridgehead atoms. The van der Waals surface area contributed by atoms with Crippen molar-refractivity contribution in [3.05, 3.63) is 60.7 Å². The van der Waals surface area contributed by atoms with Crippen molar-refractivity contribution in [3.63, 3.8) is 0 Å². The molecule has 3 N–H and O–H groups in total. The van der Waals surface area contributed by atoms with Gasteiger partial charge in [-0.15, -0.1) is 0 Å². The van der Waals surface area contributed by atoms with E-state index in [1.807, 2.05) is 60.7 Å². The van der Waals surface area contributed by atoms with E-state index in [0.717, 1.165) is 8.07 Å². The van der Waals surface area contributed by atoms with Gasteiger partial charge in [0.25, 0.3) is 0 Å². The van der Waals surface area contributed by atoms with Gasteiger partial charge in [0.2, 0.25) is 0 Å². The van der Waals surface area contributed by atoms with E-state index < -0.39 is 21.3 Å². The average Bonchev–Trinajstić information content (AvgIpc) is 2.39. The van der Waals surface area contributed by atoms with E-state index in [4.69, 9.17) is 38.3 Å². The molecular formula is C12H13Cl2O4PPd. The first-order chi connectivity index (χ1) is 9.21. The zero-order valence-corrected chi connectivity index (χ0v) is 14.0. The molecule has 0 atom stereocenters. The third kappa shape index (κ3) is 6.50. The topological polar surface area (TPSA) is 77.8 Å². The first kappa shape index (κ1) is 17.8. The molecule has 0 aliphatic heterocycles. The van der Waals surface area contributed by atoms with Crippen LogP contribution >= 0.6 is 26.9 Å². The summed E-state index contributed by atoms with van der Waals surface area (Å²) in [5.41, 5.74) is 0. The van der Waals surface area contributed by atoms with Crippen LogP contribution in [0.1, 0.15) is 0 Å². The maximum atomic E-state index is 8.88. The molecule has 0 aromatic heterocycles. The average molecular weight is 430 g/mol. The maximum absolute atomic E-state index is 8.88. The van der Waals surface area contributed by atoms with E-state index in [0.29, 0.717) is 0 Å². The van der Waals surface area contributed by atoms with Crippen LogP contribution in [0.15, 0.2) is 60.7 Å². The standard InChI is InChI=1S/2C6H5.2ClH.H3O4P.Pd/c2*1-2-4-6-5-3-1;;;1-5(2,3)4;/h2*1-5H;2*1H;(H3,1,2,3,4);/q;;;;;+2/p-2. The summed E-state index contributed by atoms with van der Waals surface area (Å²) < 4.78 is 11.0. The third-order valence-corrected chi connectivity index (χ3v) is 8.44. The summed E-state index contributed by atoms with van der Waals surface area (Å²) in [5.74, 6) is 0. The minimum atomic E-state index is -4.64. The van der Waals surface area contributed by atoms with E-state index in [-0.39, 0.29) is 0 Å². The predicted molar refractivity (Wildman–Crippen MR) is 78.1 cm³/mol. The van der Waals surface area contributed by atoms with Crippen molar-refractivity contribution in [2.45, 2.75) is 0 Å². The fourth-order valence-electron chi connectivity index (χ4n) is 1.18. The Morgan fingerprint density at radius 3 is 1.25 bits per heavy atom. The number of hydrogen-bond acceptors (Lipinski definition) is 1. The van der Waals surface area contributed by atoms with Crippen LogP contribution in [0.5, 0.6) is 0 Å². The molecule has 0 spiro atoms. The fourth-order valence-corrected chi connectivity index (χ4v) is 5.48. The van der Waals surface area contributed by atoms with Gasteiger partial charge in [-0.1, -0.05) is 0 Å². The van der Waals surface area contributed by atoms with Crippen LogP contribution in [0.2, 0.25) is 0 Å². The van der Waals surface area contributed by atoms with Crippen LogP contribution in [-0.4, -0.2) is 14.7 Å². The van der Waals surface area contributed by atoms with Crippen molar-refractivity contribution in [1.29, 1.82) is 0 Å². The minimum absolute atomic E-state index is 1.04. The molecule has 0 radical (unpaired) electrons. The van der Waals surface area contributed by atoms with E-state index in [1.54, 1.807) is 0 Å². The molecule has 0 saturated heterocycles. The zero-order valence-electron chi connectivity index (χ0n) is 10.0. The third-order valence-electron chi connectivity index (χ3n) is 1.88. The number of benzene rings is 2. The van der Waals surface area contributed by atoms with Crippen molar-refractivity contribution >= 4 is 35.0 Å². The van der Waals surface area contributed by atoms with Gasteiger partial charge in [0.15, 0.2) is 0 Å². The van der Waals surface area contributed by atoms with Gasteiger partial charge in [-0.25, -0.2) is 4.57 Å². The van der Waals surface area contributed by atoms with Crippen molar-refractivity contribution in [3.8, 4) is 0 Å². The van der Waals surface area contributed by atoms with Gasteiger partial charge in [0, 0.05) is 0 Å². The van der Waals surface area contributed by atoms with E-state index in [1.165, 1.54) is 0 Å². The zero-order chi connectivity index (χ0) is 15.2. The molecule has 0 unspecified atom stereocenters. The molecule has 0 aliphatic rings. The second-order valence-corrected chi connectivity index (χ2v) is 13.0. The Labute approximate surface area is 128 Å². The Hall–Kier alpha value is -0.208. The van der Waals surface area contributed by atoms with Gasteiger partial charge in [0.1, 0.15) is 0 Å². The van der Waals surface area contributed by atoms with E-state index in [9.17, 15) is 0 Å². The molecular weight excluding hydrogens is 416 g/mol. The molecule has 2 rings (SSSR count). The molecule has 114 valence electrons. The molecule has 2 aromatic carbocycles. The Morgan fingerprint density at radius 2 is 1.00 bits per heavy atom. The molecule has 0 amide bonds. The first-order valence-electron chi connectivity index (χ1n) is 5.16. The Balaban J connectivity index is 0.000000347. The summed E-state index contributed by atoms with van der Waals surface area (Å²) in [6.45, 7) is 0. The predicted octanol–water partition coefficient (Wildman–Crippen LogP) is 2.17. The van der Waals surface area contributed by atoms with E-state index >= 15 is 0 Å². The molecule has 2 aromatic rings. The normalized spacial score (nSPS) is 12.2. The van der Waals surface area contributed by atoms with Crippen LogP contribution in [0, 0.1) is 0 Å².